The van der Waals surface area contributed by atoms with Gasteiger partial charge < -0.3 is 9.47 Å². The highest BCUT2D eigenvalue weighted by molar-refractivity contribution is 7.13. The minimum absolute atomic E-state index is 0.886. The topological polar surface area (TPSA) is 36.7 Å². The molecule has 0 atom stereocenters. The average molecular weight is 406 g/mol. The lowest BCUT2D eigenvalue weighted by molar-refractivity contribution is 0.293. The van der Waals surface area contributed by atoms with Gasteiger partial charge in [-0.1, -0.05) is 50.2 Å². The predicted octanol–water partition coefficient (Wildman–Crippen LogP) is 4.54. The van der Waals surface area contributed by atoms with Gasteiger partial charge in [-0.15, -0.1) is 11.3 Å². The fourth-order valence-electron chi connectivity index (χ4n) is 3.79. The molecule has 0 fully saturated rings. The second-order valence-electron chi connectivity index (χ2n) is 7.00. The molecule has 2 heterocycles. The van der Waals surface area contributed by atoms with Crippen LogP contribution in [-0.2, 0) is 6.54 Å². The summed E-state index contributed by atoms with van der Waals surface area (Å²) in [5.74, 6) is 0. The number of hydrogen-bond acceptors (Lipinski definition) is 5. The van der Waals surface area contributed by atoms with Crippen LogP contribution in [0.25, 0.3) is 21.8 Å². The van der Waals surface area contributed by atoms with Crippen LogP contribution in [-0.4, -0.2) is 41.1 Å². The normalized spacial score (nSPS) is 11.4. The molecule has 0 aliphatic carbocycles. The number of aromatic nitrogens is 2. The molecule has 0 unspecified atom stereocenters. The first-order valence-corrected chi connectivity index (χ1v) is 11.0. The number of fused-ring (bicyclic) bond motifs is 2. The van der Waals surface area contributed by atoms with Gasteiger partial charge in [0.15, 0.2) is 0 Å². The molecule has 150 valence electrons. The molecule has 2 aromatic heterocycles. The van der Waals surface area contributed by atoms with Crippen LogP contribution >= 0.6 is 11.3 Å². The summed E-state index contributed by atoms with van der Waals surface area (Å²) < 4.78 is 2.44. The number of pyridine rings is 1. The number of nitrogens with zero attached hydrogens (tertiary/aromatic N) is 5. The Balaban J connectivity index is 1.94. The van der Waals surface area contributed by atoms with Crippen LogP contribution in [0.15, 0.2) is 65.2 Å². The average Bonchev–Trinajstić information content (AvgIpc) is 3.31. The molecule has 0 amide bonds. The van der Waals surface area contributed by atoms with Gasteiger partial charge in [0.1, 0.15) is 5.36 Å². The smallest absolute Gasteiger partial charge is 0.205 e. The fourth-order valence-corrected chi connectivity index (χ4v) is 4.35. The van der Waals surface area contributed by atoms with Crippen molar-refractivity contribution in [3.05, 3.63) is 65.5 Å². The summed E-state index contributed by atoms with van der Waals surface area (Å²) in [5.41, 5.74) is 2.43. The van der Waals surface area contributed by atoms with E-state index in [-0.39, 0.29) is 0 Å². The van der Waals surface area contributed by atoms with Crippen molar-refractivity contribution < 1.29 is 0 Å². The molecule has 2 aromatic carbocycles. The molecule has 4 aromatic rings. The van der Waals surface area contributed by atoms with Crippen molar-refractivity contribution in [2.24, 2.45) is 5.10 Å². The Kier molecular flexibility index (Phi) is 5.92. The SMILES string of the molecule is CCN(CC)CCn1c2ccccc2c(=NN(C)c2nccs2)c2ccccc21. The van der Waals surface area contributed by atoms with Gasteiger partial charge in [-0.05, 0) is 25.2 Å². The van der Waals surface area contributed by atoms with E-state index in [0.29, 0.717) is 0 Å². The first-order valence-electron chi connectivity index (χ1n) is 10.1. The van der Waals surface area contributed by atoms with Crippen molar-refractivity contribution in [2.75, 3.05) is 31.7 Å². The lowest BCUT2D eigenvalue weighted by Crippen LogP contribution is -2.28. The van der Waals surface area contributed by atoms with Gasteiger partial charge in [0.25, 0.3) is 0 Å². The van der Waals surface area contributed by atoms with Gasteiger partial charge in [0.05, 0.1) is 11.0 Å². The zero-order valence-corrected chi connectivity index (χ0v) is 18.1. The quantitative estimate of drug-likeness (QED) is 0.334. The van der Waals surface area contributed by atoms with Crippen molar-refractivity contribution in [1.82, 2.24) is 14.5 Å². The van der Waals surface area contributed by atoms with Crippen LogP contribution in [0.2, 0.25) is 0 Å². The van der Waals surface area contributed by atoms with E-state index in [9.17, 15) is 0 Å². The van der Waals surface area contributed by atoms with E-state index in [4.69, 9.17) is 5.10 Å². The zero-order chi connectivity index (χ0) is 20.2. The Morgan fingerprint density at radius 3 is 2.14 bits per heavy atom. The lowest BCUT2D eigenvalue weighted by atomic mass is 10.1. The summed E-state index contributed by atoms with van der Waals surface area (Å²) in [4.78, 5) is 6.86. The van der Waals surface area contributed by atoms with Gasteiger partial charge in [-0.2, -0.15) is 5.10 Å². The maximum atomic E-state index is 4.98. The van der Waals surface area contributed by atoms with Gasteiger partial charge in [-0.25, -0.2) is 9.99 Å². The van der Waals surface area contributed by atoms with Crippen LogP contribution < -0.4 is 10.4 Å². The van der Waals surface area contributed by atoms with E-state index in [1.807, 2.05) is 23.6 Å². The Hall–Kier alpha value is -2.70. The summed E-state index contributed by atoms with van der Waals surface area (Å²) in [6.45, 7) is 8.56. The molecule has 29 heavy (non-hydrogen) atoms. The molecule has 0 N–H and O–H groups in total. The Bertz CT molecular complexity index is 1100. The molecular formula is C23H27N5S. The highest BCUT2D eigenvalue weighted by Gasteiger charge is 2.11. The molecule has 6 heteroatoms. The predicted molar refractivity (Wildman–Crippen MR) is 123 cm³/mol. The third-order valence-corrected chi connectivity index (χ3v) is 6.22. The highest BCUT2D eigenvalue weighted by Crippen LogP contribution is 2.21. The van der Waals surface area contributed by atoms with Crippen molar-refractivity contribution in [3.63, 3.8) is 0 Å². The van der Waals surface area contributed by atoms with Crippen molar-refractivity contribution in [3.8, 4) is 0 Å². The standard InChI is InChI=1S/C23H27N5S/c1-4-27(5-2)15-16-28-20-12-8-6-10-18(20)22(19-11-7-9-13-21(19)28)25-26(3)23-24-14-17-29-23/h6-14,17H,4-5,15-16H2,1-3H3. The summed E-state index contributed by atoms with van der Waals surface area (Å²) >= 11 is 1.59. The molecule has 0 saturated carbocycles. The van der Waals surface area contributed by atoms with E-state index < -0.39 is 0 Å². The molecule has 0 saturated heterocycles. The Morgan fingerprint density at radius 1 is 0.966 bits per heavy atom. The molecule has 0 spiro atoms. The van der Waals surface area contributed by atoms with Crippen LogP contribution in [0.1, 0.15) is 13.8 Å². The van der Waals surface area contributed by atoms with Gasteiger partial charge >= 0.3 is 0 Å². The monoisotopic (exact) mass is 405 g/mol. The van der Waals surface area contributed by atoms with Gasteiger partial charge in [0, 0.05) is 42.5 Å². The van der Waals surface area contributed by atoms with Crippen LogP contribution in [0.5, 0.6) is 0 Å². The highest BCUT2D eigenvalue weighted by atomic mass is 32.1. The van der Waals surface area contributed by atoms with Crippen molar-refractivity contribution in [1.29, 1.82) is 0 Å². The first kappa shape index (κ1) is 19.6. The molecule has 0 bridgehead atoms. The van der Waals surface area contributed by atoms with Crippen molar-refractivity contribution >= 4 is 38.3 Å². The fraction of sp³-hybridized carbons (Fsp3) is 0.304. The number of likely N-dealkylation sites (N-methyl/N-ethyl adjacent to an activating group) is 1. The number of hydrogen-bond donors (Lipinski definition) is 0. The van der Waals surface area contributed by atoms with Gasteiger partial charge in [0.2, 0.25) is 5.13 Å². The maximum absolute atomic E-state index is 4.98. The zero-order valence-electron chi connectivity index (χ0n) is 17.2. The lowest BCUT2D eigenvalue weighted by Gasteiger charge is -2.22. The molecule has 0 aliphatic rings. The van der Waals surface area contributed by atoms with Crippen molar-refractivity contribution in [2.45, 2.75) is 20.4 Å². The number of anilines is 1. The Morgan fingerprint density at radius 2 is 1.59 bits per heavy atom. The number of thiazole rings is 1. The van der Waals surface area contributed by atoms with E-state index in [1.54, 1.807) is 11.3 Å². The van der Waals surface area contributed by atoms with E-state index in [2.05, 4.69) is 76.8 Å². The summed E-state index contributed by atoms with van der Waals surface area (Å²) in [6.07, 6.45) is 1.81. The molecule has 5 nitrogen and oxygen atoms in total. The third-order valence-electron chi connectivity index (χ3n) is 5.38. The summed E-state index contributed by atoms with van der Waals surface area (Å²) in [6, 6.07) is 17.1. The second-order valence-corrected chi connectivity index (χ2v) is 7.87. The summed E-state index contributed by atoms with van der Waals surface area (Å²) in [7, 11) is 1.96. The minimum Gasteiger partial charge on any atom is -0.339 e. The van der Waals surface area contributed by atoms with Crippen LogP contribution in [0.3, 0.4) is 0 Å². The van der Waals surface area contributed by atoms with E-state index >= 15 is 0 Å². The van der Waals surface area contributed by atoms with Gasteiger partial charge in [-0.3, -0.25) is 0 Å². The molecular weight excluding hydrogens is 378 g/mol. The third kappa shape index (κ3) is 3.91. The number of benzene rings is 2. The number of rotatable bonds is 7. The van der Waals surface area contributed by atoms with Crippen LogP contribution in [0.4, 0.5) is 5.13 Å². The summed E-state index contributed by atoms with van der Waals surface area (Å²) in [5, 5.41) is 13.0. The van der Waals surface area contributed by atoms with Crippen LogP contribution in [0, 0.1) is 0 Å². The molecule has 4 rings (SSSR count). The maximum Gasteiger partial charge on any atom is 0.205 e. The van der Waals surface area contributed by atoms with E-state index in [0.717, 1.165) is 47.4 Å². The van der Waals surface area contributed by atoms with E-state index in [1.165, 1.54) is 11.0 Å². The molecule has 0 aliphatic heterocycles. The number of para-hydroxylation sites is 2. The first-order chi connectivity index (χ1) is 14.2. The Labute approximate surface area is 175 Å². The second kappa shape index (κ2) is 8.76. The minimum atomic E-state index is 0.886. The molecule has 0 radical (unpaired) electrons. The largest absolute Gasteiger partial charge is 0.339 e.